The Labute approximate surface area is 381 Å². The number of nitrogens with one attached hydrogen (secondary N) is 2. The average molecular weight is 873 g/mol. The molecule has 0 radical (unpaired) electrons. The topological polar surface area (TPSA) is 312 Å². The molecule has 9 N–H and O–H groups in total. The molecular weight excluding hydrogens is 831 g/mol. The molecule has 0 saturated carbocycles. The van der Waals surface area contributed by atoms with Crippen molar-refractivity contribution in [2.24, 2.45) is 10.2 Å². The first kappa shape index (κ1) is 53.3. The molecule has 20 heteroatoms. The van der Waals surface area contributed by atoms with Crippen LogP contribution in [0.5, 0.6) is 34.5 Å². The van der Waals surface area contributed by atoms with Crippen LogP contribution >= 0.6 is 0 Å². The number of hydrazone groups is 2. The second-order valence-corrected chi connectivity index (χ2v) is 12.8. The zero-order chi connectivity index (χ0) is 45.4. The third-order valence-corrected chi connectivity index (χ3v) is 8.68. The van der Waals surface area contributed by atoms with Gasteiger partial charge in [-0.15, -0.1) is 0 Å². The van der Waals surface area contributed by atoms with Crippen molar-refractivity contribution in [3.05, 3.63) is 142 Å². The quantitative estimate of drug-likeness (QED) is 0.0470. The maximum Gasteiger partial charge on any atom is 1.00 e. The molecule has 0 aliphatic carbocycles. The monoisotopic (exact) mass is 872 g/mol. The first-order valence-electron chi connectivity index (χ1n) is 17.7. The van der Waals surface area contributed by atoms with Gasteiger partial charge in [0.2, 0.25) is 11.5 Å². The van der Waals surface area contributed by atoms with Crippen LogP contribution in [-0.2, 0) is 19.2 Å². The number of nitrogens with zero attached hydrogens (tertiary/aromatic N) is 4. The fourth-order valence-electron chi connectivity index (χ4n) is 5.73. The van der Waals surface area contributed by atoms with Gasteiger partial charge in [-0.05, 0) is 119 Å². The summed E-state index contributed by atoms with van der Waals surface area (Å²) in [6.45, 7) is 9.97. The summed E-state index contributed by atoms with van der Waals surface area (Å²) in [7, 11) is 0. The van der Waals surface area contributed by atoms with Crippen LogP contribution in [0.2, 0.25) is 0 Å². The van der Waals surface area contributed by atoms with Gasteiger partial charge in [-0.3, -0.25) is 9.59 Å². The van der Waals surface area contributed by atoms with E-state index in [0.717, 1.165) is 39.7 Å². The third-order valence-electron chi connectivity index (χ3n) is 8.68. The zero-order valence-corrected chi connectivity index (χ0v) is 36.7. The molecule has 0 aliphatic rings. The molecule has 0 unspecified atom stereocenters. The Hall–Kier alpha value is -7.76. The van der Waals surface area contributed by atoms with E-state index in [1.165, 1.54) is 36.7 Å². The van der Waals surface area contributed by atoms with E-state index in [0.29, 0.717) is 11.1 Å². The van der Waals surface area contributed by atoms with Crippen molar-refractivity contribution in [1.29, 1.82) is 0 Å². The first-order chi connectivity index (χ1) is 29.0. The van der Waals surface area contributed by atoms with Crippen molar-refractivity contribution in [2.45, 2.75) is 34.6 Å². The predicted molar refractivity (Wildman–Crippen MR) is 220 cm³/mol. The molecule has 6 rings (SSSR count). The number of benzene rings is 4. The van der Waals surface area contributed by atoms with Gasteiger partial charge in [0.15, 0.2) is 23.0 Å². The summed E-state index contributed by atoms with van der Waals surface area (Å²) >= 11 is 0. The number of aromatic nitrogens is 2. The van der Waals surface area contributed by atoms with E-state index in [2.05, 4.69) is 25.6 Å². The predicted octanol–water partition coefficient (Wildman–Crippen LogP) is 1.92. The number of hydrogen-bond acceptors (Lipinski definition) is 15. The van der Waals surface area contributed by atoms with E-state index < -0.39 is 46.3 Å². The van der Waals surface area contributed by atoms with Crippen LogP contribution < -0.4 is 40.4 Å². The molecule has 2 amide bonds. The van der Waals surface area contributed by atoms with E-state index in [1.807, 2.05) is 75.6 Å². The summed E-state index contributed by atoms with van der Waals surface area (Å²) in [4.78, 5) is 57.3. The van der Waals surface area contributed by atoms with E-state index >= 15 is 0 Å². The van der Waals surface area contributed by atoms with Crippen LogP contribution in [0.15, 0.2) is 101 Å². The number of phenolic OH excluding ortho intramolecular Hbond substituents is 6. The minimum Gasteiger partial charge on any atom is -0.870 e. The van der Waals surface area contributed by atoms with Crippen molar-refractivity contribution in [3.63, 3.8) is 0 Å². The Balaban J connectivity index is 0.000000545. The summed E-state index contributed by atoms with van der Waals surface area (Å²) in [6, 6.07) is 25.7. The molecule has 0 fully saturated rings. The number of carbonyl (C=O) groups excluding carboxylic acids is 6. The maximum atomic E-state index is 12.5. The van der Waals surface area contributed by atoms with Crippen LogP contribution in [-0.4, -0.2) is 81.8 Å². The molecule has 2 aromatic heterocycles. The molecular formula is C43H41N6NaO13. The standard InChI is InChI=1S/C21H21N3O4.C20H19N3O4.2CO2.Na.H2O/c1-12-4-7-15(10-17(12)24-13(2)5-6-14(24)3)21(28)23-22-11-16-8-9-18(25)20(27)19(16)26;1-12-6-7-13(2)23(12)16-5-3-4-14(10-16)20(27)22-21-11-15-8-9-17(24)19(26)18(15)25;2*2-1-3;;/h4-11,25-27H,1-3H3,(H,23,28);3-11,24-26H,1-2H3,(H,22,27);;;;1H2/q;;;;+1;/p-1/b22-11+;21-11+;;;;. The molecule has 0 bridgehead atoms. The fraction of sp³-hybridized carbons (Fsp3) is 0.116. The summed E-state index contributed by atoms with van der Waals surface area (Å²) in [5, 5.41) is 64.7. The molecule has 0 saturated heterocycles. The largest absolute Gasteiger partial charge is 1.00 e. The van der Waals surface area contributed by atoms with Crippen LogP contribution in [0.1, 0.15) is 60.2 Å². The number of hydrogen-bond donors (Lipinski definition) is 8. The Morgan fingerprint density at radius 1 is 0.540 bits per heavy atom. The first-order valence-corrected chi connectivity index (χ1v) is 17.7. The second kappa shape index (κ2) is 25.1. The normalized spacial score (nSPS) is 9.92. The van der Waals surface area contributed by atoms with E-state index in [4.69, 9.17) is 19.2 Å². The Bertz CT molecular complexity index is 2630. The number of aryl methyl sites for hydroxylation is 5. The van der Waals surface area contributed by atoms with Crippen molar-refractivity contribution >= 4 is 36.5 Å². The molecule has 322 valence electrons. The van der Waals surface area contributed by atoms with Crippen LogP contribution in [0.4, 0.5) is 0 Å². The van der Waals surface area contributed by atoms with Crippen molar-refractivity contribution in [2.75, 3.05) is 0 Å². The average Bonchev–Trinajstić information content (AvgIpc) is 3.76. The molecule has 6 aromatic rings. The fourth-order valence-corrected chi connectivity index (χ4v) is 5.73. The Kier molecular flexibility index (Phi) is 21.2. The number of rotatable bonds is 8. The van der Waals surface area contributed by atoms with Gasteiger partial charge in [-0.1, -0.05) is 12.1 Å². The smallest absolute Gasteiger partial charge is 0.870 e. The molecule has 0 spiro atoms. The van der Waals surface area contributed by atoms with Gasteiger partial charge in [0.25, 0.3) is 11.8 Å². The Morgan fingerprint density at radius 2 is 0.937 bits per heavy atom. The third kappa shape index (κ3) is 13.9. The summed E-state index contributed by atoms with van der Waals surface area (Å²) in [5.41, 5.74) is 13.0. The maximum absolute atomic E-state index is 12.5. The molecule has 0 atom stereocenters. The number of aromatic hydroxyl groups is 6. The van der Waals surface area contributed by atoms with Gasteiger partial charge >= 0.3 is 41.9 Å². The van der Waals surface area contributed by atoms with Gasteiger partial charge in [-0.2, -0.15) is 29.4 Å². The summed E-state index contributed by atoms with van der Waals surface area (Å²) in [6.07, 6.45) is 2.86. The minimum atomic E-state index is -0.643. The van der Waals surface area contributed by atoms with Gasteiger partial charge < -0.3 is 45.2 Å². The number of amides is 2. The van der Waals surface area contributed by atoms with Crippen molar-refractivity contribution < 1.29 is 94.4 Å². The number of phenols is 6. The zero-order valence-electron chi connectivity index (χ0n) is 34.7. The minimum absolute atomic E-state index is 0. The van der Waals surface area contributed by atoms with Gasteiger partial charge in [0.1, 0.15) is 0 Å². The van der Waals surface area contributed by atoms with Gasteiger partial charge in [0, 0.05) is 56.4 Å². The molecule has 63 heavy (non-hydrogen) atoms. The van der Waals surface area contributed by atoms with Crippen LogP contribution in [0.25, 0.3) is 11.4 Å². The van der Waals surface area contributed by atoms with Crippen molar-refractivity contribution in [3.8, 4) is 45.9 Å². The van der Waals surface area contributed by atoms with Gasteiger partial charge in [0.05, 0.1) is 12.4 Å². The van der Waals surface area contributed by atoms with E-state index in [1.54, 1.807) is 30.3 Å². The van der Waals surface area contributed by atoms with E-state index in [-0.39, 0.29) is 58.5 Å². The second-order valence-electron chi connectivity index (χ2n) is 12.8. The Morgan fingerprint density at radius 3 is 1.37 bits per heavy atom. The van der Waals surface area contributed by atoms with Gasteiger partial charge in [-0.25, -0.2) is 10.9 Å². The van der Waals surface area contributed by atoms with Crippen molar-refractivity contribution in [1.82, 2.24) is 20.0 Å². The summed E-state index contributed by atoms with van der Waals surface area (Å²) < 4.78 is 4.12. The molecule has 0 aliphatic heterocycles. The summed E-state index contributed by atoms with van der Waals surface area (Å²) in [5.74, 6) is -4.04. The van der Waals surface area contributed by atoms with Crippen LogP contribution in [0, 0.1) is 34.6 Å². The SMILES string of the molecule is Cc1ccc(C(=O)N/N=C/c2ccc(O)c(O)c2O)cc1-n1c(C)ccc1C.Cc1ccc(C)n1-c1cccc(C(=O)N/N=C/c2ccc(O)c(O)c2O)c1.O=C=O.O=C=O.[Na+].[OH-]. The molecule has 19 nitrogen and oxygen atoms in total. The molecule has 2 heterocycles. The number of carbonyl (C=O) groups is 2. The van der Waals surface area contributed by atoms with Crippen LogP contribution in [0.3, 0.4) is 0 Å². The van der Waals surface area contributed by atoms with E-state index in [9.17, 15) is 40.2 Å². The molecule has 4 aromatic carbocycles.